The molecule has 1 aromatic heterocycles. The lowest BCUT2D eigenvalue weighted by Gasteiger charge is -2.20. The van der Waals surface area contributed by atoms with Crippen LogP contribution in [0, 0.1) is 0 Å². The number of hydrogen-bond donors (Lipinski definition) is 1. The molecule has 0 saturated carbocycles. The number of carbonyl (C=O) groups is 1. The molecule has 1 amide bonds. The summed E-state index contributed by atoms with van der Waals surface area (Å²) in [6, 6.07) is 22.3. The minimum Gasteiger partial charge on any atom is -0.484 e. The van der Waals surface area contributed by atoms with E-state index in [4.69, 9.17) is 16.3 Å². The van der Waals surface area contributed by atoms with Crippen molar-refractivity contribution in [2.75, 3.05) is 23.3 Å². The van der Waals surface area contributed by atoms with E-state index in [-0.39, 0.29) is 17.4 Å². The summed E-state index contributed by atoms with van der Waals surface area (Å²) in [5.41, 5.74) is 0.463. The van der Waals surface area contributed by atoms with Gasteiger partial charge in [0.05, 0.1) is 15.6 Å². The lowest BCUT2D eigenvalue weighted by molar-refractivity contribution is -0.118. The largest absolute Gasteiger partial charge is 0.484 e. The zero-order valence-corrected chi connectivity index (χ0v) is 19.2. The molecule has 0 aliphatic carbocycles. The number of pyridine rings is 1. The number of aromatic nitrogens is 1. The summed E-state index contributed by atoms with van der Waals surface area (Å²) in [4.78, 5) is 16.2. The maximum Gasteiger partial charge on any atom is 0.264 e. The monoisotopic (exact) mass is 481 g/mol. The first-order valence-corrected chi connectivity index (χ1v) is 11.8. The van der Waals surface area contributed by atoms with Gasteiger partial charge < -0.3 is 10.1 Å². The number of fused-ring (bicyclic) bond motifs is 1. The van der Waals surface area contributed by atoms with Crippen LogP contribution in [0.1, 0.15) is 0 Å². The topological polar surface area (TPSA) is 88.6 Å². The second kappa shape index (κ2) is 9.48. The molecule has 0 atom stereocenters. The SMILES string of the molecule is CN(c1ccc(OCC(=O)Nc2ccc(Cl)cn2)cc1)S(=O)(=O)c1ccc2ccccc2c1. The van der Waals surface area contributed by atoms with Crippen molar-refractivity contribution in [1.29, 1.82) is 0 Å². The lowest BCUT2D eigenvalue weighted by atomic mass is 10.1. The molecule has 4 rings (SSSR count). The maximum absolute atomic E-state index is 13.1. The van der Waals surface area contributed by atoms with Crippen molar-refractivity contribution in [2.45, 2.75) is 4.90 Å². The van der Waals surface area contributed by atoms with Gasteiger partial charge in [-0.1, -0.05) is 41.9 Å². The van der Waals surface area contributed by atoms with E-state index in [0.717, 1.165) is 10.8 Å². The van der Waals surface area contributed by atoms with E-state index in [1.165, 1.54) is 17.5 Å². The molecule has 3 aromatic carbocycles. The summed E-state index contributed by atoms with van der Waals surface area (Å²) >= 11 is 5.77. The highest BCUT2D eigenvalue weighted by Gasteiger charge is 2.21. The molecule has 0 aliphatic rings. The molecular formula is C24H20ClN3O4S. The number of hydrogen-bond acceptors (Lipinski definition) is 5. The van der Waals surface area contributed by atoms with Gasteiger partial charge in [-0.2, -0.15) is 0 Å². The van der Waals surface area contributed by atoms with Crippen LogP contribution in [0.3, 0.4) is 0 Å². The third kappa shape index (κ3) is 5.24. The minimum atomic E-state index is -3.75. The molecule has 0 radical (unpaired) electrons. The van der Waals surface area contributed by atoms with E-state index >= 15 is 0 Å². The molecule has 0 fully saturated rings. The van der Waals surface area contributed by atoms with Crippen molar-refractivity contribution in [3.8, 4) is 5.75 Å². The normalized spacial score (nSPS) is 11.2. The first kappa shape index (κ1) is 22.6. The number of carbonyl (C=O) groups excluding carboxylic acids is 1. The summed E-state index contributed by atoms with van der Waals surface area (Å²) in [5.74, 6) is 0.406. The molecule has 0 saturated heterocycles. The minimum absolute atomic E-state index is 0.205. The van der Waals surface area contributed by atoms with Crippen LogP contribution in [0.25, 0.3) is 10.8 Å². The van der Waals surface area contributed by atoms with Gasteiger partial charge in [0.2, 0.25) is 0 Å². The fraction of sp³-hybridized carbons (Fsp3) is 0.0833. The van der Waals surface area contributed by atoms with Crippen LogP contribution in [0.5, 0.6) is 5.75 Å². The van der Waals surface area contributed by atoms with Crippen molar-refractivity contribution < 1.29 is 17.9 Å². The number of amides is 1. The van der Waals surface area contributed by atoms with E-state index in [1.807, 2.05) is 24.3 Å². The number of benzene rings is 3. The van der Waals surface area contributed by atoms with Gasteiger partial charge >= 0.3 is 0 Å². The van der Waals surface area contributed by atoms with Gasteiger partial charge in [0.15, 0.2) is 6.61 Å². The summed E-state index contributed by atoms with van der Waals surface area (Å²) in [7, 11) is -2.25. The molecule has 0 bridgehead atoms. The molecule has 0 aliphatic heterocycles. The molecule has 33 heavy (non-hydrogen) atoms. The predicted octanol–water partition coefficient (Wildman–Crippen LogP) is 4.73. The Balaban J connectivity index is 1.41. The third-order valence-electron chi connectivity index (χ3n) is 4.94. The van der Waals surface area contributed by atoms with Crippen LogP contribution in [-0.4, -0.2) is 33.0 Å². The van der Waals surface area contributed by atoms with Crippen LogP contribution >= 0.6 is 11.6 Å². The number of sulfonamides is 1. The van der Waals surface area contributed by atoms with Gasteiger partial charge in [-0.05, 0) is 59.3 Å². The van der Waals surface area contributed by atoms with Gasteiger partial charge in [-0.3, -0.25) is 9.10 Å². The zero-order chi connectivity index (χ0) is 23.4. The fourth-order valence-corrected chi connectivity index (χ4v) is 4.50. The standard InChI is InChI=1S/C24H20ClN3O4S/c1-28(33(30,31)22-12-6-17-4-2-3-5-18(17)14-22)20-8-10-21(11-9-20)32-16-24(29)27-23-13-7-19(25)15-26-23/h2-15H,16H2,1H3,(H,26,27,29). The molecule has 4 aromatic rings. The quantitative estimate of drug-likeness (QED) is 0.412. The number of rotatable bonds is 7. The average molecular weight is 482 g/mol. The van der Waals surface area contributed by atoms with Crippen LogP contribution in [-0.2, 0) is 14.8 Å². The van der Waals surface area contributed by atoms with Crippen LogP contribution in [0.2, 0.25) is 5.02 Å². The van der Waals surface area contributed by atoms with Crippen molar-refractivity contribution in [1.82, 2.24) is 4.98 Å². The lowest BCUT2D eigenvalue weighted by Crippen LogP contribution is -2.26. The molecule has 0 spiro atoms. The first-order valence-electron chi connectivity index (χ1n) is 9.95. The highest BCUT2D eigenvalue weighted by atomic mass is 35.5. The van der Waals surface area contributed by atoms with Crippen molar-refractivity contribution in [3.63, 3.8) is 0 Å². The first-order chi connectivity index (χ1) is 15.8. The summed E-state index contributed by atoms with van der Waals surface area (Å²) in [5, 5.41) is 4.89. The number of nitrogens with zero attached hydrogens (tertiary/aromatic N) is 2. The number of anilines is 2. The Kier molecular flexibility index (Phi) is 6.48. The summed E-state index contributed by atoms with van der Waals surface area (Å²) in [6.45, 7) is -0.227. The van der Waals surface area contributed by atoms with Crippen molar-refractivity contribution >= 4 is 49.8 Å². The van der Waals surface area contributed by atoms with Gasteiger partial charge in [-0.25, -0.2) is 13.4 Å². The second-order valence-corrected chi connectivity index (χ2v) is 9.58. The Morgan fingerprint density at radius 2 is 1.73 bits per heavy atom. The Labute approximate surface area is 196 Å². The molecule has 7 nitrogen and oxygen atoms in total. The molecule has 9 heteroatoms. The van der Waals surface area contributed by atoms with Crippen LogP contribution < -0.4 is 14.4 Å². The van der Waals surface area contributed by atoms with E-state index in [1.54, 1.807) is 54.6 Å². The molecule has 0 unspecified atom stereocenters. The molecule has 1 heterocycles. The highest BCUT2D eigenvalue weighted by Crippen LogP contribution is 2.26. The van der Waals surface area contributed by atoms with Crippen LogP contribution in [0.15, 0.2) is 90.0 Å². The fourth-order valence-electron chi connectivity index (χ4n) is 3.15. The third-order valence-corrected chi connectivity index (χ3v) is 6.95. The van der Waals surface area contributed by atoms with Gasteiger partial charge in [0.1, 0.15) is 11.6 Å². The van der Waals surface area contributed by atoms with E-state index in [2.05, 4.69) is 10.3 Å². The molecule has 1 N–H and O–H groups in total. The molecule has 168 valence electrons. The highest BCUT2D eigenvalue weighted by molar-refractivity contribution is 7.92. The number of nitrogens with one attached hydrogen (secondary N) is 1. The number of ether oxygens (including phenoxy) is 1. The second-order valence-electron chi connectivity index (χ2n) is 7.17. The Bertz CT molecular complexity index is 1390. The van der Waals surface area contributed by atoms with Crippen molar-refractivity contribution in [2.24, 2.45) is 0 Å². The Hall–Kier alpha value is -3.62. The average Bonchev–Trinajstić information content (AvgIpc) is 2.83. The smallest absolute Gasteiger partial charge is 0.264 e. The summed E-state index contributed by atoms with van der Waals surface area (Å²) in [6.07, 6.45) is 1.43. The predicted molar refractivity (Wildman–Crippen MR) is 129 cm³/mol. The van der Waals surface area contributed by atoms with Crippen molar-refractivity contribution in [3.05, 3.63) is 90.1 Å². The van der Waals surface area contributed by atoms with Gasteiger partial charge in [0, 0.05) is 13.2 Å². The Morgan fingerprint density at radius 1 is 1.00 bits per heavy atom. The van der Waals surface area contributed by atoms with Gasteiger partial charge in [-0.15, -0.1) is 0 Å². The Morgan fingerprint density at radius 3 is 2.42 bits per heavy atom. The van der Waals surface area contributed by atoms with E-state index < -0.39 is 10.0 Å². The maximum atomic E-state index is 13.1. The van der Waals surface area contributed by atoms with Crippen LogP contribution in [0.4, 0.5) is 11.5 Å². The van der Waals surface area contributed by atoms with E-state index in [9.17, 15) is 13.2 Å². The zero-order valence-electron chi connectivity index (χ0n) is 17.6. The number of halogens is 1. The molecular weight excluding hydrogens is 462 g/mol. The van der Waals surface area contributed by atoms with Gasteiger partial charge in [0.25, 0.3) is 15.9 Å². The van der Waals surface area contributed by atoms with E-state index in [0.29, 0.717) is 22.3 Å². The summed E-state index contributed by atoms with van der Waals surface area (Å²) < 4.78 is 32.9.